The number of thiophene rings is 1. The van der Waals surface area contributed by atoms with Crippen molar-refractivity contribution in [3.63, 3.8) is 0 Å². The molecule has 4 aromatic rings. The maximum Gasteiger partial charge on any atom is 0.197 e. The molecule has 0 bridgehead atoms. The van der Waals surface area contributed by atoms with Crippen LogP contribution in [-0.2, 0) is 13.1 Å². The zero-order valence-electron chi connectivity index (χ0n) is 16.4. The molecule has 0 fully saturated rings. The van der Waals surface area contributed by atoms with Gasteiger partial charge in [0, 0.05) is 17.5 Å². The largest absolute Gasteiger partial charge is 0.306 e. The third kappa shape index (κ3) is 3.67. The molecular formula is C20H22N6S2. The molecule has 0 aliphatic rings. The summed E-state index contributed by atoms with van der Waals surface area (Å²) in [4.78, 5) is 12.8. The number of fused-ring (bicyclic) bond motifs is 1. The van der Waals surface area contributed by atoms with Gasteiger partial charge in [-0.15, -0.1) is 21.5 Å². The predicted molar refractivity (Wildman–Crippen MR) is 115 cm³/mol. The summed E-state index contributed by atoms with van der Waals surface area (Å²) in [5, 5.41) is 13.7. The average Bonchev–Trinajstić information content (AvgIpc) is 3.25. The topological polar surface area (TPSA) is 59.7 Å². The van der Waals surface area contributed by atoms with Crippen LogP contribution in [0.15, 0.2) is 45.9 Å². The second-order valence-electron chi connectivity index (χ2n) is 6.75. The molecule has 0 N–H and O–H groups in total. The first-order valence-electron chi connectivity index (χ1n) is 9.12. The number of rotatable bonds is 6. The van der Waals surface area contributed by atoms with Crippen LogP contribution in [0.5, 0.6) is 0 Å². The van der Waals surface area contributed by atoms with Crippen molar-refractivity contribution in [3.8, 4) is 11.1 Å². The van der Waals surface area contributed by atoms with Crippen LogP contribution >= 0.6 is 23.1 Å². The molecule has 0 unspecified atom stereocenters. The highest BCUT2D eigenvalue weighted by Crippen LogP contribution is 2.40. The molecule has 3 heterocycles. The van der Waals surface area contributed by atoms with Gasteiger partial charge in [-0.1, -0.05) is 30.3 Å². The normalized spacial score (nSPS) is 11.6. The molecule has 0 saturated heterocycles. The van der Waals surface area contributed by atoms with E-state index in [0.717, 1.165) is 38.6 Å². The van der Waals surface area contributed by atoms with Crippen molar-refractivity contribution in [2.45, 2.75) is 37.1 Å². The minimum Gasteiger partial charge on any atom is -0.306 e. The molecule has 0 aliphatic carbocycles. The maximum absolute atomic E-state index is 4.92. The van der Waals surface area contributed by atoms with Gasteiger partial charge >= 0.3 is 0 Å². The van der Waals surface area contributed by atoms with Gasteiger partial charge in [0.15, 0.2) is 5.16 Å². The Kier molecular flexibility index (Phi) is 5.43. The van der Waals surface area contributed by atoms with Crippen molar-refractivity contribution < 1.29 is 0 Å². The molecule has 1 aromatic carbocycles. The molecule has 0 radical (unpaired) electrons. The summed E-state index contributed by atoms with van der Waals surface area (Å²) in [6, 6.07) is 10.4. The standard InChI is InChI=1S/C20H22N6S2/c1-5-26-13(2)23-24-20(26)28-19-17-15(14-9-7-6-8-10-14)12-27-18(17)21-16(22-19)11-25(3)4/h6-10,12H,5,11H2,1-4H3. The number of nitrogens with zero attached hydrogens (tertiary/aromatic N) is 6. The van der Waals surface area contributed by atoms with Crippen molar-refractivity contribution in [1.29, 1.82) is 0 Å². The molecule has 8 heteroatoms. The number of hydrogen-bond donors (Lipinski definition) is 0. The molecule has 6 nitrogen and oxygen atoms in total. The Morgan fingerprint density at radius 3 is 2.61 bits per heavy atom. The van der Waals surface area contributed by atoms with E-state index in [1.165, 1.54) is 11.1 Å². The van der Waals surface area contributed by atoms with Gasteiger partial charge in [0.05, 0.1) is 11.9 Å². The van der Waals surface area contributed by atoms with Crippen LogP contribution in [0.25, 0.3) is 21.3 Å². The minimum absolute atomic E-state index is 0.696. The monoisotopic (exact) mass is 410 g/mol. The van der Waals surface area contributed by atoms with E-state index >= 15 is 0 Å². The van der Waals surface area contributed by atoms with Crippen molar-refractivity contribution in [2.24, 2.45) is 0 Å². The Morgan fingerprint density at radius 2 is 1.89 bits per heavy atom. The number of aryl methyl sites for hydroxylation is 1. The van der Waals surface area contributed by atoms with Crippen LogP contribution in [0.4, 0.5) is 0 Å². The van der Waals surface area contributed by atoms with Crippen LogP contribution in [0, 0.1) is 6.92 Å². The molecule has 3 aromatic heterocycles. The lowest BCUT2D eigenvalue weighted by Crippen LogP contribution is -2.13. The van der Waals surface area contributed by atoms with Crippen LogP contribution < -0.4 is 0 Å². The third-order valence-corrected chi connectivity index (χ3v) is 6.24. The van der Waals surface area contributed by atoms with E-state index in [-0.39, 0.29) is 0 Å². The lowest BCUT2D eigenvalue weighted by molar-refractivity contribution is 0.390. The summed E-state index contributed by atoms with van der Waals surface area (Å²) in [5.41, 5.74) is 2.34. The second kappa shape index (κ2) is 7.98. The molecule has 0 spiro atoms. The average molecular weight is 411 g/mol. The van der Waals surface area contributed by atoms with Gasteiger partial charge in [-0.3, -0.25) is 0 Å². The molecular weight excluding hydrogens is 388 g/mol. The van der Waals surface area contributed by atoms with Crippen molar-refractivity contribution in [2.75, 3.05) is 14.1 Å². The first-order valence-corrected chi connectivity index (χ1v) is 10.8. The predicted octanol–water partition coefficient (Wildman–Crippen LogP) is 4.49. The highest BCUT2D eigenvalue weighted by Gasteiger charge is 2.19. The molecule has 0 aliphatic heterocycles. The fraction of sp³-hybridized carbons (Fsp3) is 0.300. The first kappa shape index (κ1) is 19.0. The van der Waals surface area contributed by atoms with Gasteiger partial charge in [-0.25, -0.2) is 9.97 Å². The Hall–Kier alpha value is -2.29. The van der Waals surface area contributed by atoms with E-state index < -0.39 is 0 Å². The molecule has 0 atom stereocenters. The highest BCUT2D eigenvalue weighted by atomic mass is 32.2. The lowest BCUT2D eigenvalue weighted by Gasteiger charge is -2.11. The third-order valence-electron chi connectivity index (χ3n) is 4.40. The molecule has 144 valence electrons. The zero-order valence-corrected chi connectivity index (χ0v) is 18.0. The number of benzene rings is 1. The van der Waals surface area contributed by atoms with E-state index in [4.69, 9.17) is 9.97 Å². The van der Waals surface area contributed by atoms with Gasteiger partial charge in [0.25, 0.3) is 0 Å². The fourth-order valence-electron chi connectivity index (χ4n) is 3.10. The van der Waals surface area contributed by atoms with Crippen LogP contribution in [0.1, 0.15) is 18.6 Å². The Morgan fingerprint density at radius 1 is 1.11 bits per heavy atom. The Balaban J connectivity index is 1.88. The van der Waals surface area contributed by atoms with Crippen molar-refractivity contribution >= 4 is 33.3 Å². The highest BCUT2D eigenvalue weighted by molar-refractivity contribution is 7.99. The zero-order chi connectivity index (χ0) is 19.7. The summed E-state index contributed by atoms with van der Waals surface area (Å²) in [7, 11) is 4.06. The number of aromatic nitrogens is 5. The van der Waals surface area contributed by atoms with Gasteiger partial charge in [0.2, 0.25) is 0 Å². The summed E-state index contributed by atoms with van der Waals surface area (Å²) >= 11 is 3.23. The van der Waals surface area contributed by atoms with Gasteiger partial charge < -0.3 is 9.47 Å². The SMILES string of the molecule is CCn1c(C)nnc1Sc1nc(CN(C)C)nc2scc(-c3ccccc3)c12. The summed E-state index contributed by atoms with van der Waals surface area (Å²) in [5.74, 6) is 1.73. The van der Waals surface area contributed by atoms with E-state index in [1.54, 1.807) is 23.1 Å². The molecule has 0 saturated carbocycles. The van der Waals surface area contributed by atoms with E-state index in [2.05, 4.69) is 56.2 Å². The van der Waals surface area contributed by atoms with Gasteiger partial charge in [-0.2, -0.15) is 0 Å². The first-order chi connectivity index (χ1) is 13.6. The maximum atomic E-state index is 4.92. The van der Waals surface area contributed by atoms with Crippen LogP contribution in [0.3, 0.4) is 0 Å². The minimum atomic E-state index is 0.696. The molecule has 4 rings (SSSR count). The van der Waals surface area contributed by atoms with Crippen LogP contribution in [-0.4, -0.2) is 43.7 Å². The molecule has 28 heavy (non-hydrogen) atoms. The lowest BCUT2D eigenvalue weighted by atomic mass is 10.1. The van der Waals surface area contributed by atoms with E-state index in [9.17, 15) is 0 Å². The van der Waals surface area contributed by atoms with E-state index in [1.807, 2.05) is 27.1 Å². The Labute approximate surface area is 172 Å². The van der Waals surface area contributed by atoms with Gasteiger partial charge in [-0.05, 0) is 45.3 Å². The Bertz CT molecular complexity index is 1100. The van der Waals surface area contributed by atoms with Gasteiger partial charge in [0.1, 0.15) is 21.5 Å². The van der Waals surface area contributed by atoms with Crippen molar-refractivity contribution in [3.05, 3.63) is 47.4 Å². The second-order valence-corrected chi connectivity index (χ2v) is 8.57. The summed E-state index contributed by atoms with van der Waals surface area (Å²) < 4.78 is 2.11. The van der Waals surface area contributed by atoms with Crippen molar-refractivity contribution in [1.82, 2.24) is 29.6 Å². The quantitative estimate of drug-likeness (QED) is 0.437. The summed E-state index contributed by atoms with van der Waals surface area (Å²) in [6.45, 7) is 5.61. The number of hydrogen-bond acceptors (Lipinski definition) is 7. The van der Waals surface area contributed by atoms with E-state index in [0.29, 0.717) is 6.54 Å². The van der Waals surface area contributed by atoms with Crippen LogP contribution in [0.2, 0.25) is 0 Å². The fourth-order valence-corrected chi connectivity index (χ4v) is 5.21. The smallest absolute Gasteiger partial charge is 0.197 e. The molecule has 0 amide bonds. The summed E-state index contributed by atoms with van der Waals surface area (Å²) in [6.07, 6.45) is 0.